The lowest BCUT2D eigenvalue weighted by Gasteiger charge is -2.28. The molecule has 1 fully saturated rings. The minimum atomic E-state index is -1.21. The van der Waals surface area contributed by atoms with E-state index in [1.54, 1.807) is 7.11 Å². The number of nitrogens with one attached hydrogen (secondary N) is 1. The van der Waals surface area contributed by atoms with Crippen molar-refractivity contribution in [3.63, 3.8) is 0 Å². The Morgan fingerprint density at radius 3 is 2.87 bits per heavy atom. The van der Waals surface area contributed by atoms with Gasteiger partial charge in [-0.15, -0.1) is 0 Å². The number of primary amides is 1. The van der Waals surface area contributed by atoms with Crippen LogP contribution in [0.1, 0.15) is 5.56 Å². The Hall–Kier alpha value is -2.24. The standard InChI is InChI=1S/C15H18F2N4O2/c1-23-5-4-21-7-13(20-14(19)22)15(8-18,9-21)10-2-3-11(16)12(17)6-10/h2-3,6,13H,4-5,7,9H2,1H3,(H3,19,20,22)/t13-,15-/m1/s1. The molecule has 0 spiro atoms. The number of hydrogen-bond donors (Lipinski definition) is 2. The summed E-state index contributed by atoms with van der Waals surface area (Å²) in [6.07, 6.45) is 0. The molecule has 0 aromatic heterocycles. The predicted octanol–water partition coefficient (Wildman–Crippen LogP) is 0.725. The zero-order chi connectivity index (χ0) is 17.0. The topological polar surface area (TPSA) is 91.4 Å². The van der Waals surface area contributed by atoms with Crippen LogP contribution in [0, 0.1) is 23.0 Å². The van der Waals surface area contributed by atoms with Crippen molar-refractivity contribution in [2.75, 3.05) is 33.4 Å². The van der Waals surface area contributed by atoms with Crippen molar-refractivity contribution in [3.05, 3.63) is 35.4 Å². The Bertz CT molecular complexity index is 634. The highest BCUT2D eigenvalue weighted by Crippen LogP contribution is 2.35. The quantitative estimate of drug-likeness (QED) is 0.835. The number of urea groups is 1. The van der Waals surface area contributed by atoms with Crippen molar-refractivity contribution in [1.29, 1.82) is 5.26 Å². The Labute approximate surface area is 132 Å². The summed E-state index contributed by atoms with van der Waals surface area (Å²) in [5.41, 5.74) is 4.28. The van der Waals surface area contributed by atoms with Crippen LogP contribution in [-0.2, 0) is 10.2 Å². The number of hydrogen-bond acceptors (Lipinski definition) is 4. The minimum Gasteiger partial charge on any atom is -0.383 e. The van der Waals surface area contributed by atoms with E-state index in [1.165, 1.54) is 6.07 Å². The van der Waals surface area contributed by atoms with Gasteiger partial charge in [0.05, 0.1) is 18.7 Å². The lowest BCUT2D eigenvalue weighted by Crippen LogP contribution is -2.50. The van der Waals surface area contributed by atoms with Crippen molar-refractivity contribution < 1.29 is 18.3 Å². The van der Waals surface area contributed by atoms with E-state index in [0.29, 0.717) is 25.3 Å². The van der Waals surface area contributed by atoms with Crippen molar-refractivity contribution in [1.82, 2.24) is 10.2 Å². The van der Waals surface area contributed by atoms with Crippen LogP contribution in [0.4, 0.5) is 13.6 Å². The lowest BCUT2D eigenvalue weighted by atomic mass is 9.77. The van der Waals surface area contributed by atoms with Gasteiger partial charge in [0.25, 0.3) is 0 Å². The molecule has 1 heterocycles. The van der Waals surface area contributed by atoms with E-state index in [2.05, 4.69) is 11.4 Å². The van der Waals surface area contributed by atoms with Gasteiger partial charge >= 0.3 is 6.03 Å². The molecule has 0 aliphatic carbocycles. The molecule has 23 heavy (non-hydrogen) atoms. The number of methoxy groups -OCH3 is 1. The summed E-state index contributed by atoms with van der Waals surface area (Å²) < 4.78 is 31.8. The molecule has 8 heteroatoms. The molecule has 1 aliphatic rings. The highest BCUT2D eigenvalue weighted by Gasteiger charge is 2.49. The van der Waals surface area contributed by atoms with Gasteiger partial charge in [-0.25, -0.2) is 13.6 Å². The number of amides is 2. The Morgan fingerprint density at radius 2 is 2.30 bits per heavy atom. The molecule has 3 N–H and O–H groups in total. The molecule has 0 saturated carbocycles. The van der Waals surface area contributed by atoms with Crippen LogP contribution in [0.3, 0.4) is 0 Å². The highest BCUT2D eigenvalue weighted by molar-refractivity contribution is 5.72. The number of nitrogens with two attached hydrogens (primary N) is 1. The van der Waals surface area contributed by atoms with E-state index in [-0.39, 0.29) is 6.54 Å². The van der Waals surface area contributed by atoms with Gasteiger partial charge in [-0.2, -0.15) is 5.26 Å². The van der Waals surface area contributed by atoms with Crippen LogP contribution in [0.15, 0.2) is 18.2 Å². The zero-order valence-electron chi connectivity index (χ0n) is 12.7. The summed E-state index contributed by atoms with van der Waals surface area (Å²) >= 11 is 0. The van der Waals surface area contributed by atoms with Crippen LogP contribution in [0.5, 0.6) is 0 Å². The first-order valence-electron chi connectivity index (χ1n) is 7.07. The number of benzene rings is 1. The normalized spacial score (nSPS) is 24.3. The fraction of sp³-hybridized carbons (Fsp3) is 0.467. The SMILES string of the molecule is COCCN1C[C@@H](NC(N)=O)[C@@](C#N)(c2ccc(F)c(F)c2)C1. The first-order valence-corrected chi connectivity index (χ1v) is 7.07. The minimum absolute atomic E-state index is 0.253. The van der Waals surface area contributed by atoms with Gasteiger partial charge < -0.3 is 15.8 Å². The summed E-state index contributed by atoms with van der Waals surface area (Å²) in [5, 5.41) is 12.3. The van der Waals surface area contributed by atoms with E-state index in [1.807, 2.05) is 4.90 Å². The summed E-state index contributed by atoms with van der Waals surface area (Å²) in [5.74, 6) is -2.03. The van der Waals surface area contributed by atoms with Gasteiger partial charge in [-0.3, -0.25) is 4.90 Å². The summed E-state index contributed by atoms with van der Waals surface area (Å²) in [4.78, 5) is 13.2. The molecule has 2 amide bonds. The Morgan fingerprint density at radius 1 is 1.57 bits per heavy atom. The van der Waals surface area contributed by atoms with Crippen LogP contribution in [0.25, 0.3) is 0 Å². The van der Waals surface area contributed by atoms with Gasteiger partial charge in [0.15, 0.2) is 11.6 Å². The molecule has 1 aromatic carbocycles. The maximum absolute atomic E-state index is 13.6. The van der Waals surface area contributed by atoms with Crippen LogP contribution < -0.4 is 11.1 Å². The molecule has 1 saturated heterocycles. The van der Waals surface area contributed by atoms with Crippen LogP contribution in [-0.4, -0.2) is 50.3 Å². The summed E-state index contributed by atoms with van der Waals surface area (Å²) in [6.45, 7) is 1.60. The average Bonchev–Trinajstić information content (AvgIpc) is 2.86. The van der Waals surface area contributed by atoms with Crippen molar-refractivity contribution in [3.8, 4) is 6.07 Å². The first-order chi connectivity index (χ1) is 10.9. The maximum Gasteiger partial charge on any atom is 0.312 e. The van der Waals surface area contributed by atoms with Crippen molar-refractivity contribution in [2.24, 2.45) is 5.73 Å². The number of carbonyl (C=O) groups is 1. The second-order valence-electron chi connectivity index (χ2n) is 5.50. The molecule has 2 rings (SSSR count). The molecule has 0 bridgehead atoms. The predicted molar refractivity (Wildman–Crippen MR) is 78.5 cm³/mol. The fourth-order valence-electron chi connectivity index (χ4n) is 2.92. The summed E-state index contributed by atoms with van der Waals surface area (Å²) in [6, 6.07) is 4.08. The average molecular weight is 324 g/mol. The number of nitriles is 1. The molecular formula is C15H18F2N4O2. The number of rotatable bonds is 5. The zero-order valence-corrected chi connectivity index (χ0v) is 12.7. The van der Waals surface area contributed by atoms with Gasteiger partial charge in [0.2, 0.25) is 0 Å². The van der Waals surface area contributed by atoms with Gasteiger partial charge in [-0.1, -0.05) is 6.07 Å². The smallest absolute Gasteiger partial charge is 0.312 e. The van der Waals surface area contributed by atoms with E-state index < -0.39 is 29.1 Å². The molecule has 6 nitrogen and oxygen atoms in total. The second kappa shape index (κ2) is 6.89. The van der Waals surface area contributed by atoms with E-state index in [9.17, 15) is 18.8 Å². The molecule has 0 radical (unpaired) electrons. The van der Waals surface area contributed by atoms with E-state index >= 15 is 0 Å². The van der Waals surface area contributed by atoms with Crippen molar-refractivity contribution >= 4 is 6.03 Å². The third-order valence-electron chi connectivity index (χ3n) is 4.07. The largest absolute Gasteiger partial charge is 0.383 e. The molecule has 1 aliphatic heterocycles. The summed E-state index contributed by atoms with van der Waals surface area (Å²) in [7, 11) is 1.56. The number of likely N-dealkylation sites (tertiary alicyclic amines) is 1. The highest BCUT2D eigenvalue weighted by atomic mass is 19.2. The fourth-order valence-corrected chi connectivity index (χ4v) is 2.92. The van der Waals surface area contributed by atoms with Gasteiger partial charge in [0, 0.05) is 26.7 Å². The number of carbonyl (C=O) groups excluding carboxylic acids is 1. The monoisotopic (exact) mass is 324 g/mol. The first kappa shape index (κ1) is 17.1. The second-order valence-corrected chi connectivity index (χ2v) is 5.50. The lowest BCUT2D eigenvalue weighted by molar-refractivity contribution is 0.158. The number of nitrogens with zero attached hydrogens (tertiary/aromatic N) is 2. The molecule has 124 valence electrons. The third-order valence-corrected chi connectivity index (χ3v) is 4.07. The third kappa shape index (κ3) is 3.41. The molecule has 1 aromatic rings. The number of halogens is 2. The maximum atomic E-state index is 13.6. The van der Waals surface area contributed by atoms with Gasteiger partial charge in [-0.05, 0) is 17.7 Å². The van der Waals surface area contributed by atoms with Crippen LogP contribution >= 0.6 is 0 Å². The Kier molecular flexibility index (Phi) is 5.13. The number of ether oxygens (including phenoxy) is 1. The van der Waals surface area contributed by atoms with Crippen LogP contribution in [0.2, 0.25) is 0 Å². The molecular weight excluding hydrogens is 306 g/mol. The van der Waals surface area contributed by atoms with Crippen molar-refractivity contribution in [2.45, 2.75) is 11.5 Å². The molecule has 2 atom stereocenters. The molecule has 0 unspecified atom stereocenters. The van der Waals surface area contributed by atoms with Gasteiger partial charge in [0.1, 0.15) is 5.41 Å². The Balaban J connectivity index is 2.39. The van der Waals surface area contributed by atoms with E-state index in [0.717, 1.165) is 12.1 Å². The van der Waals surface area contributed by atoms with E-state index in [4.69, 9.17) is 10.5 Å².